The first-order chi connectivity index (χ1) is 15.8. The van der Waals surface area contributed by atoms with E-state index in [-0.39, 0.29) is 12.2 Å². The molecule has 0 saturated carbocycles. The SMILES string of the molecule is O=C(O)/C(=C/c1ccc(C(F)(F)F)cc1)c1ccc(OCc2ccc3ccccc3n2)cc1. The molecule has 0 aliphatic heterocycles. The van der Waals surface area contributed by atoms with E-state index in [1.165, 1.54) is 18.2 Å². The summed E-state index contributed by atoms with van der Waals surface area (Å²) in [6.07, 6.45) is -3.12. The lowest BCUT2D eigenvalue weighted by atomic mass is 10.0. The lowest BCUT2D eigenvalue weighted by molar-refractivity contribution is -0.137. The summed E-state index contributed by atoms with van der Waals surface area (Å²) >= 11 is 0. The molecule has 0 aliphatic carbocycles. The number of rotatable bonds is 6. The van der Waals surface area contributed by atoms with Crippen LogP contribution in [0.25, 0.3) is 22.6 Å². The van der Waals surface area contributed by atoms with Crippen LogP contribution in [0, 0.1) is 0 Å². The zero-order chi connectivity index (χ0) is 23.4. The second-order valence-electron chi connectivity index (χ2n) is 7.29. The number of carboxylic acids is 1. The number of ether oxygens (including phenoxy) is 1. The fraction of sp³-hybridized carbons (Fsp3) is 0.0769. The molecule has 7 heteroatoms. The van der Waals surface area contributed by atoms with Crippen LogP contribution in [0.1, 0.15) is 22.4 Å². The standard InChI is InChI=1S/C26H18F3NO3/c27-26(28,29)20-10-5-17(6-11-20)15-23(25(31)32)18-8-13-22(14-9-18)33-16-21-12-7-19-3-1-2-4-24(19)30-21/h1-15H,16H2,(H,31,32)/b23-15+. The summed E-state index contributed by atoms with van der Waals surface area (Å²) in [5, 5.41) is 10.6. The van der Waals surface area contributed by atoms with Gasteiger partial charge in [-0.2, -0.15) is 13.2 Å². The summed E-state index contributed by atoms with van der Waals surface area (Å²) in [7, 11) is 0. The molecule has 166 valence electrons. The Labute approximate surface area is 187 Å². The van der Waals surface area contributed by atoms with Crippen molar-refractivity contribution in [3.8, 4) is 5.75 Å². The largest absolute Gasteiger partial charge is 0.487 e. The molecule has 0 amide bonds. The van der Waals surface area contributed by atoms with Crippen molar-refractivity contribution >= 4 is 28.5 Å². The van der Waals surface area contributed by atoms with Gasteiger partial charge in [0.2, 0.25) is 0 Å². The van der Waals surface area contributed by atoms with Crippen molar-refractivity contribution in [1.29, 1.82) is 0 Å². The number of alkyl halides is 3. The van der Waals surface area contributed by atoms with E-state index in [9.17, 15) is 23.1 Å². The van der Waals surface area contributed by atoms with Crippen LogP contribution in [-0.2, 0) is 17.6 Å². The van der Waals surface area contributed by atoms with E-state index >= 15 is 0 Å². The summed E-state index contributed by atoms with van der Waals surface area (Å²) < 4.78 is 43.9. The van der Waals surface area contributed by atoms with Crippen LogP contribution in [0.3, 0.4) is 0 Å². The number of aliphatic carboxylic acids is 1. The topological polar surface area (TPSA) is 59.4 Å². The number of halogens is 3. The number of carboxylic acid groups (broad SMARTS) is 1. The minimum Gasteiger partial charge on any atom is -0.487 e. The van der Waals surface area contributed by atoms with Crippen molar-refractivity contribution in [2.75, 3.05) is 0 Å². The Kier molecular flexibility index (Phi) is 6.13. The molecular formula is C26H18F3NO3. The first kappa shape index (κ1) is 22.1. The van der Waals surface area contributed by atoms with Crippen LogP contribution in [0.4, 0.5) is 13.2 Å². The minimum absolute atomic E-state index is 0.0440. The number of benzene rings is 3. The van der Waals surface area contributed by atoms with E-state index < -0.39 is 17.7 Å². The van der Waals surface area contributed by atoms with Crippen LogP contribution in [0.2, 0.25) is 0 Å². The molecule has 4 nitrogen and oxygen atoms in total. The molecule has 1 heterocycles. The smallest absolute Gasteiger partial charge is 0.416 e. The fourth-order valence-electron chi connectivity index (χ4n) is 3.28. The number of carbonyl (C=O) groups is 1. The van der Waals surface area contributed by atoms with Gasteiger partial charge in [0.15, 0.2) is 0 Å². The normalized spacial score (nSPS) is 12.0. The van der Waals surface area contributed by atoms with Crippen LogP contribution in [0.15, 0.2) is 84.9 Å². The molecule has 0 saturated heterocycles. The van der Waals surface area contributed by atoms with Gasteiger partial charge in [-0.3, -0.25) is 0 Å². The van der Waals surface area contributed by atoms with Crippen LogP contribution in [-0.4, -0.2) is 16.1 Å². The van der Waals surface area contributed by atoms with Gasteiger partial charge in [-0.05, 0) is 53.6 Å². The van der Waals surface area contributed by atoms with E-state index in [4.69, 9.17) is 4.74 Å². The first-order valence-corrected chi connectivity index (χ1v) is 10.00. The number of hydrogen-bond acceptors (Lipinski definition) is 3. The Balaban J connectivity index is 1.48. The van der Waals surface area contributed by atoms with E-state index in [0.29, 0.717) is 16.9 Å². The lowest BCUT2D eigenvalue weighted by Crippen LogP contribution is -2.04. The maximum absolute atomic E-state index is 12.7. The third kappa shape index (κ3) is 5.38. The van der Waals surface area contributed by atoms with E-state index in [1.807, 2.05) is 36.4 Å². The highest BCUT2D eigenvalue weighted by Gasteiger charge is 2.29. The lowest BCUT2D eigenvalue weighted by Gasteiger charge is -2.09. The van der Waals surface area contributed by atoms with Crippen molar-refractivity contribution in [3.05, 3.63) is 107 Å². The van der Waals surface area contributed by atoms with E-state index in [2.05, 4.69) is 4.98 Å². The van der Waals surface area contributed by atoms with Gasteiger partial charge in [0.05, 0.1) is 22.3 Å². The van der Waals surface area contributed by atoms with Gasteiger partial charge in [0, 0.05) is 5.39 Å². The molecule has 33 heavy (non-hydrogen) atoms. The average molecular weight is 449 g/mol. The van der Waals surface area contributed by atoms with Gasteiger partial charge in [0.25, 0.3) is 0 Å². The molecule has 0 radical (unpaired) electrons. The van der Waals surface area contributed by atoms with E-state index in [1.54, 1.807) is 24.3 Å². The maximum atomic E-state index is 12.7. The molecule has 4 rings (SSSR count). The second kappa shape index (κ2) is 9.16. The van der Waals surface area contributed by atoms with Crippen molar-refractivity contribution in [3.63, 3.8) is 0 Å². The summed E-state index contributed by atoms with van der Waals surface area (Å²) in [6.45, 7) is 0.247. The fourth-order valence-corrected chi connectivity index (χ4v) is 3.28. The second-order valence-corrected chi connectivity index (χ2v) is 7.29. The summed E-state index contributed by atoms with van der Waals surface area (Å²) in [5.41, 5.74) is 1.54. The zero-order valence-electron chi connectivity index (χ0n) is 17.2. The van der Waals surface area contributed by atoms with Crippen LogP contribution < -0.4 is 4.74 Å². The summed E-state index contributed by atoms with van der Waals surface area (Å²) in [4.78, 5) is 16.3. The van der Waals surface area contributed by atoms with Crippen molar-refractivity contribution < 1.29 is 27.8 Å². The van der Waals surface area contributed by atoms with Gasteiger partial charge in [-0.25, -0.2) is 9.78 Å². The number of fused-ring (bicyclic) bond motifs is 1. The Hall–Kier alpha value is -4.13. The monoisotopic (exact) mass is 449 g/mol. The Bertz CT molecular complexity index is 1310. The van der Waals surface area contributed by atoms with Gasteiger partial charge in [0.1, 0.15) is 12.4 Å². The summed E-state index contributed by atoms with van der Waals surface area (Å²) in [6, 6.07) is 22.4. The number of pyridine rings is 1. The molecular weight excluding hydrogens is 431 g/mol. The zero-order valence-corrected chi connectivity index (χ0v) is 17.2. The average Bonchev–Trinajstić information content (AvgIpc) is 2.81. The Morgan fingerprint density at radius 2 is 1.61 bits per heavy atom. The van der Waals surface area contributed by atoms with Gasteiger partial charge in [-0.15, -0.1) is 0 Å². The number of aromatic nitrogens is 1. The molecule has 3 aromatic carbocycles. The highest BCUT2D eigenvalue weighted by atomic mass is 19.4. The first-order valence-electron chi connectivity index (χ1n) is 10.00. The maximum Gasteiger partial charge on any atom is 0.416 e. The molecule has 0 fully saturated rings. The van der Waals surface area contributed by atoms with Crippen molar-refractivity contribution in [2.45, 2.75) is 12.8 Å². The molecule has 1 aromatic heterocycles. The van der Waals surface area contributed by atoms with Crippen LogP contribution >= 0.6 is 0 Å². The molecule has 0 unspecified atom stereocenters. The van der Waals surface area contributed by atoms with Crippen molar-refractivity contribution in [2.24, 2.45) is 0 Å². The molecule has 0 atom stereocenters. The minimum atomic E-state index is -4.45. The molecule has 4 aromatic rings. The molecule has 0 spiro atoms. The van der Waals surface area contributed by atoms with Crippen molar-refractivity contribution in [1.82, 2.24) is 4.98 Å². The summed E-state index contributed by atoms with van der Waals surface area (Å²) in [5.74, 6) is -0.656. The molecule has 1 N–H and O–H groups in total. The third-order valence-electron chi connectivity index (χ3n) is 4.99. The Morgan fingerprint density at radius 1 is 0.909 bits per heavy atom. The number of nitrogens with zero attached hydrogens (tertiary/aromatic N) is 1. The predicted octanol–water partition coefficient (Wildman–Crippen LogP) is 6.46. The number of hydrogen-bond donors (Lipinski definition) is 1. The van der Waals surface area contributed by atoms with Gasteiger partial charge >= 0.3 is 12.1 Å². The highest BCUT2D eigenvalue weighted by Crippen LogP contribution is 2.30. The van der Waals surface area contributed by atoms with Crippen LogP contribution in [0.5, 0.6) is 5.75 Å². The third-order valence-corrected chi connectivity index (χ3v) is 4.99. The number of para-hydroxylation sites is 1. The predicted molar refractivity (Wildman–Crippen MR) is 119 cm³/mol. The quantitative estimate of drug-likeness (QED) is 0.271. The highest BCUT2D eigenvalue weighted by molar-refractivity contribution is 6.20. The Morgan fingerprint density at radius 3 is 2.27 bits per heavy atom. The molecule has 0 aliphatic rings. The van der Waals surface area contributed by atoms with Gasteiger partial charge in [-0.1, -0.05) is 48.5 Å². The van der Waals surface area contributed by atoms with Gasteiger partial charge < -0.3 is 9.84 Å². The van der Waals surface area contributed by atoms with E-state index in [0.717, 1.165) is 28.7 Å². The molecule has 0 bridgehead atoms.